The first-order chi connectivity index (χ1) is 9.61. The van der Waals surface area contributed by atoms with E-state index in [0.717, 1.165) is 12.8 Å². The first-order valence-electron chi connectivity index (χ1n) is 8.20. The summed E-state index contributed by atoms with van der Waals surface area (Å²) in [4.78, 5) is 11.6. The van der Waals surface area contributed by atoms with Gasteiger partial charge in [0.1, 0.15) is 0 Å². The van der Waals surface area contributed by atoms with Crippen molar-refractivity contribution in [2.75, 3.05) is 6.61 Å². The summed E-state index contributed by atoms with van der Waals surface area (Å²) in [6.45, 7) is 3.57. The third-order valence-corrected chi connectivity index (χ3v) is 3.63. The van der Waals surface area contributed by atoms with Gasteiger partial charge < -0.3 is 15.5 Å². The third-order valence-electron chi connectivity index (χ3n) is 3.63. The number of aliphatic hydroxyl groups excluding tert-OH is 2. The Morgan fingerprint density at radius 3 is 1.95 bits per heavy atom. The van der Waals surface area contributed by atoms with Crippen LogP contribution in [0.5, 0.6) is 0 Å². The molecule has 0 aliphatic heterocycles. The van der Waals surface area contributed by atoms with Crippen molar-refractivity contribution in [3.63, 3.8) is 0 Å². The smallest absolute Gasteiger partial charge is 0.220 e. The minimum Gasteiger partial charge on any atom is -0.394 e. The summed E-state index contributed by atoms with van der Waals surface area (Å²) in [5, 5.41) is 21.0. The van der Waals surface area contributed by atoms with E-state index in [2.05, 4.69) is 12.2 Å². The van der Waals surface area contributed by atoms with Crippen molar-refractivity contribution in [1.29, 1.82) is 0 Å². The van der Waals surface area contributed by atoms with Crippen molar-refractivity contribution >= 4 is 5.91 Å². The van der Waals surface area contributed by atoms with Crippen LogP contribution in [0.25, 0.3) is 0 Å². The Hall–Kier alpha value is -0.610. The zero-order valence-corrected chi connectivity index (χ0v) is 13.2. The van der Waals surface area contributed by atoms with Gasteiger partial charge in [0, 0.05) is 6.42 Å². The fourth-order valence-electron chi connectivity index (χ4n) is 2.19. The molecule has 0 aromatic heterocycles. The number of rotatable bonds is 13. The normalized spacial score (nSPS) is 14.0. The van der Waals surface area contributed by atoms with Crippen molar-refractivity contribution < 1.29 is 15.0 Å². The molecule has 2 atom stereocenters. The van der Waals surface area contributed by atoms with E-state index < -0.39 is 12.1 Å². The second kappa shape index (κ2) is 13.4. The van der Waals surface area contributed by atoms with Crippen LogP contribution in [-0.2, 0) is 4.79 Å². The Bertz CT molecular complexity index is 232. The molecule has 0 aromatic carbocycles. The maximum Gasteiger partial charge on any atom is 0.220 e. The van der Waals surface area contributed by atoms with Gasteiger partial charge in [-0.3, -0.25) is 4.79 Å². The van der Waals surface area contributed by atoms with Crippen LogP contribution in [0.15, 0.2) is 0 Å². The Balaban J connectivity index is 3.39. The highest BCUT2D eigenvalue weighted by Gasteiger charge is 2.15. The van der Waals surface area contributed by atoms with Crippen LogP contribution in [0.1, 0.15) is 78.1 Å². The molecular formula is C16H33NO3. The third kappa shape index (κ3) is 11.2. The van der Waals surface area contributed by atoms with Crippen molar-refractivity contribution in [3.8, 4) is 0 Å². The fraction of sp³-hybridized carbons (Fsp3) is 0.938. The van der Waals surface area contributed by atoms with Crippen LogP contribution >= 0.6 is 0 Å². The predicted octanol–water partition coefficient (Wildman–Crippen LogP) is 2.77. The maximum atomic E-state index is 11.6. The highest BCUT2D eigenvalue weighted by Crippen LogP contribution is 2.10. The van der Waals surface area contributed by atoms with Gasteiger partial charge in [0.15, 0.2) is 0 Å². The summed E-state index contributed by atoms with van der Waals surface area (Å²) in [6.07, 6.45) is 10.8. The number of nitrogens with one attached hydrogen (secondary N) is 1. The number of hydrogen-bond donors (Lipinski definition) is 3. The molecule has 4 nitrogen and oxygen atoms in total. The van der Waals surface area contributed by atoms with Crippen LogP contribution in [0, 0.1) is 0 Å². The average Bonchev–Trinajstić information content (AvgIpc) is 2.42. The number of carbonyl (C=O) groups excluding carboxylic acids is 1. The van der Waals surface area contributed by atoms with Crippen molar-refractivity contribution in [2.45, 2.75) is 90.2 Å². The molecule has 0 aliphatic rings. The SMILES string of the molecule is CCCCCCCCCCCC(=O)NC(CO)C(C)O. The summed E-state index contributed by atoms with van der Waals surface area (Å²) in [5.41, 5.74) is 0. The summed E-state index contributed by atoms with van der Waals surface area (Å²) in [5.74, 6) is -0.0760. The van der Waals surface area contributed by atoms with E-state index in [1.807, 2.05) is 0 Å². The summed E-state index contributed by atoms with van der Waals surface area (Å²) in [6, 6.07) is -0.541. The van der Waals surface area contributed by atoms with E-state index in [-0.39, 0.29) is 12.5 Å². The largest absolute Gasteiger partial charge is 0.394 e. The summed E-state index contributed by atoms with van der Waals surface area (Å²) in [7, 11) is 0. The van der Waals surface area contributed by atoms with Crippen LogP contribution in [0.4, 0.5) is 0 Å². The highest BCUT2D eigenvalue weighted by atomic mass is 16.3. The van der Waals surface area contributed by atoms with Gasteiger partial charge in [0.2, 0.25) is 5.91 Å². The monoisotopic (exact) mass is 287 g/mol. The molecule has 0 fully saturated rings. The number of carbonyl (C=O) groups is 1. The molecule has 3 N–H and O–H groups in total. The second-order valence-corrected chi connectivity index (χ2v) is 5.68. The maximum absolute atomic E-state index is 11.6. The molecule has 1 amide bonds. The van der Waals surface area contributed by atoms with Crippen molar-refractivity contribution in [3.05, 3.63) is 0 Å². The molecule has 120 valence electrons. The van der Waals surface area contributed by atoms with Gasteiger partial charge in [-0.1, -0.05) is 58.3 Å². The topological polar surface area (TPSA) is 69.6 Å². The Kier molecular flexibility index (Phi) is 13.0. The highest BCUT2D eigenvalue weighted by molar-refractivity contribution is 5.76. The first-order valence-corrected chi connectivity index (χ1v) is 8.20. The Morgan fingerprint density at radius 1 is 1.00 bits per heavy atom. The molecule has 2 unspecified atom stereocenters. The molecule has 0 saturated carbocycles. The van der Waals surface area contributed by atoms with Gasteiger partial charge in [0.25, 0.3) is 0 Å². The molecule has 0 aromatic rings. The Labute approximate surface area is 124 Å². The summed E-state index contributed by atoms with van der Waals surface area (Å²) < 4.78 is 0. The molecule has 20 heavy (non-hydrogen) atoms. The lowest BCUT2D eigenvalue weighted by molar-refractivity contribution is -0.123. The molecule has 4 heteroatoms. The molecule has 0 spiro atoms. The van der Waals surface area contributed by atoms with Gasteiger partial charge in [-0.2, -0.15) is 0 Å². The lowest BCUT2D eigenvalue weighted by Gasteiger charge is -2.18. The Morgan fingerprint density at radius 2 is 1.50 bits per heavy atom. The number of unbranched alkanes of at least 4 members (excludes halogenated alkanes) is 8. The molecule has 0 heterocycles. The van der Waals surface area contributed by atoms with Crippen molar-refractivity contribution in [2.24, 2.45) is 0 Å². The van der Waals surface area contributed by atoms with E-state index in [1.54, 1.807) is 6.92 Å². The first kappa shape index (κ1) is 19.4. The van der Waals surface area contributed by atoms with Gasteiger partial charge in [0.05, 0.1) is 18.8 Å². The van der Waals surface area contributed by atoms with Crippen LogP contribution < -0.4 is 5.32 Å². The van der Waals surface area contributed by atoms with Crippen LogP contribution in [0.3, 0.4) is 0 Å². The van der Waals surface area contributed by atoms with Gasteiger partial charge in [-0.15, -0.1) is 0 Å². The van der Waals surface area contributed by atoms with Gasteiger partial charge in [-0.05, 0) is 13.3 Å². The zero-order chi connectivity index (χ0) is 15.2. The second-order valence-electron chi connectivity index (χ2n) is 5.68. The minimum absolute atomic E-state index is 0.0760. The van der Waals surface area contributed by atoms with Gasteiger partial charge in [-0.25, -0.2) is 0 Å². The fourth-order valence-corrected chi connectivity index (χ4v) is 2.19. The quantitative estimate of drug-likeness (QED) is 0.456. The molecular weight excluding hydrogens is 254 g/mol. The van der Waals surface area contributed by atoms with E-state index in [1.165, 1.54) is 44.9 Å². The molecule has 0 rings (SSSR count). The van der Waals surface area contributed by atoms with Crippen LogP contribution in [0.2, 0.25) is 0 Å². The number of aliphatic hydroxyl groups is 2. The lowest BCUT2D eigenvalue weighted by atomic mass is 10.1. The standard InChI is InChI=1S/C16H33NO3/c1-3-4-5-6-7-8-9-10-11-12-16(20)17-15(13-18)14(2)19/h14-15,18-19H,3-13H2,1-2H3,(H,17,20). The lowest BCUT2D eigenvalue weighted by Crippen LogP contribution is -2.44. The van der Waals surface area contributed by atoms with Crippen molar-refractivity contribution in [1.82, 2.24) is 5.32 Å². The molecule has 0 aliphatic carbocycles. The average molecular weight is 287 g/mol. The minimum atomic E-state index is -0.716. The molecule has 0 bridgehead atoms. The zero-order valence-electron chi connectivity index (χ0n) is 13.2. The van der Waals surface area contributed by atoms with Gasteiger partial charge >= 0.3 is 0 Å². The molecule has 0 radical (unpaired) electrons. The number of amides is 1. The van der Waals surface area contributed by atoms with E-state index in [0.29, 0.717) is 6.42 Å². The predicted molar refractivity (Wildman–Crippen MR) is 82.5 cm³/mol. The molecule has 0 saturated heterocycles. The summed E-state index contributed by atoms with van der Waals surface area (Å²) >= 11 is 0. The van der Waals surface area contributed by atoms with E-state index in [4.69, 9.17) is 5.11 Å². The van der Waals surface area contributed by atoms with E-state index >= 15 is 0 Å². The van der Waals surface area contributed by atoms with E-state index in [9.17, 15) is 9.90 Å². The van der Waals surface area contributed by atoms with Crippen LogP contribution in [-0.4, -0.2) is 34.9 Å². The number of hydrogen-bond acceptors (Lipinski definition) is 3.